The van der Waals surface area contributed by atoms with Crippen molar-refractivity contribution in [3.63, 3.8) is 0 Å². The summed E-state index contributed by atoms with van der Waals surface area (Å²) in [4.78, 5) is 13.8. The second-order valence-corrected chi connectivity index (χ2v) is 5.86. The number of rotatable bonds is 5. The lowest BCUT2D eigenvalue weighted by molar-refractivity contribution is -0.146. The van der Waals surface area contributed by atoms with Crippen molar-refractivity contribution in [3.8, 4) is 0 Å². The molecule has 0 aromatic heterocycles. The van der Waals surface area contributed by atoms with E-state index in [-0.39, 0.29) is 6.04 Å². The van der Waals surface area contributed by atoms with Gasteiger partial charge in [-0.2, -0.15) is 0 Å². The number of hydrogen-bond donors (Lipinski definition) is 1. The number of ether oxygens (including phenoxy) is 1. The van der Waals surface area contributed by atoms with E-state index in [4.69, 9.17) is 4.74 Å². The normalized spacial score (nSPS) is 24.1. The van der Waals surface area contributed by atoms with Crippen molar-refractivity contribution in [2.75, 3.05) is 13.7 Å². The van der Waals surface area contributed by atoms with Crippen LogP contribution in [-0.4, -0.2) is 41.8 Å². The van der Waals surface area contributed by atoms with Crippen LogP contribution in [0.3, 0.4) is 0 Å². The van der Waals surface area contributed by atoms with Crippen LogP contribution in [0.5, 0.6) is 0 Å². The molecule has 1 aromatic rings. The van der Waals surface area contributed by atoms with Gasteiger partial charge in [0.05, 0.1) is 6.61 Å². The highest BCUT2D eigenvalue weighted by molar-refractivity contribution is 5.74. The van der Waals surface area contributed by atoms with E-state index in [1.165, 1.54) is 24.0 Å². The van der Waals surface area contributed by atoms with E-state index < -0.39 is 12.0 Å². The van der Waals surface area contributed by atoms with Gasteiger partial charge in [0.1, 0.15) is 6.04 Å². The molecule has 1 saturated carbocycles. The Labute approximate surface area is 119 Å². The first-order valence-corrected chi connectivity index (χ1v) is 7.25. The van der Waals surface area contributed by atoms with Gasteiger partial charge in [0.25, 0.3) is 0 Å². The molecule has 0 bridgehead atoms. The molecule has 2 unspecified atom stereocenters. The molecule has 1 aliphatic carbocycles. The lowest BCUT2D eigenvalue weighted by Gasteiger charge is -2.40. The fourth-order valence-electron chi connectivity index (χ4n) is 3.28. The van der Waals surface area contributed by atoms with Crippen molar-refractivity contribution in [1.82, 2.24) is 4.90 Å². The molecule has 2 atom stereocenters. The Balaban J connectivity index is 1.89. The first-order valence-electron chi connectivity index (χ1n) is 7.25. The molecule has 20 heavy (non-hydrogen) atoms. The minimum atomic E-state index is -0.721. The Kier molecular flexibility index (Phi) is 3.76. The molecular weight excluding hydrogens is 254 g/mol. The van der Waals surface area contributed by atoms with E-state index in [9.17, 15) is 9.90 Å². The maximum atomic E-state index is 11.6. The predicted octanol–water partition coefficient (Wildman–Crippen LogP) is 1.92. The fourth-order valence-corrected chi connectivity index (χ4v) is 3.28. The molecule has 1 aromatic carbocycles. The molecule has 0 spiro atoms. The van der Waals surface area contributed by atoms with Gasteiger partial charge in [-0.15, -0.1) is 0 Å². The minimum Gasteiger partial charge on any atom is -0.480 e. The molecule has 0 amide bonds. The van der Waals surface area contributed by atoms with Crippen molar-refractivity contribution < 1.29 is 14.6 Å². The minimum absolute atomic E-state index is 0.231. The summed E-state index contributed by atoms with van der Waals surface area (Å²) in [6, 6.07) is 7.98. The van der Waals surface area contributed by atoms with E-state index in [0.29, 0.717) is 18.9 Å². The summed E-state index contributed by atoms with van der Waals surface area (Å²) >= 11 is 0. The number of carboxylic acids is 1. The molecule has 0 saturated heterocycles. The number of hydrogen-bond acceptors (Lipinski definition) is 3. The molecule has 2 aliphatic rings. The summed E-state index contributed by atoms with van der Waals surface area (Å²) in [6.07, 6.45) is 2.98. The fraction of sp³-hybridized carbons (Fsp3) is 0.562. The van der Waals surface area contributed by atoms with Crippen LogP contribution < -0.4 is 0 Å². The number of nitrogens with zero attached hydrogens (tertiary/aromatic N) is 1. The highest BCUT2D eigenvalue weighted by Gasteiger charge is 2.42. The van der Waals surface area contributed by atoms with Crippen molar-refractivity contribution >= 4 is 5.97 Å². The van der Waals surface area contributed by atoms with E-state index >= 15 is 0 Å². The zero-order valence-corrected chi connectivity index (χ0v) is 11.8. The molecule has 0 radical (unpaired) electrons. The van der Waals surface area contributed by atoms with Crippen LogP contribution in [0.15, 0.2) is 24.3 Å². The Morgan fingerprint density at radius 1 is 1.40 bits per heavy atom. The van der Waals surface area contributed by atoms with Gasteiger partial charge in [-0.25, -0.2) is 0 Å². The Hall–Kier alpha value is -1.39. The Morgan fingerprint density at radius 2 is 2.10 bits per heavy atom. The summed E-state index contributed by atoms with van der Waals surface area (Å²) in [6.45, 7) is 1.34. The van der Waals surface area contributed by atoms with Crippen molar-refractivity contribution in [3.05, 3.63) is 35.4 Å². The van der Waals surface area contributed by atoms with Crippen molar-refractivity contribution in [1.29, 1.82) is 0 Å². The van der Waals surface area contributed by atoms with Crippen molar-refractivity contribution in [2.45, 2.75) is 37.9 Å². The molecule has 4 nitrogen and oxygen atoms in total. The molecule has 108 valence electrons. The highest BCUT2D eigenvalue weighted by Crippen LogP contribution is 2.38. The predicted molar refractivity (Wildman–Crippen MR) is 75.5 cm³/mol. The maximum Gasteiger partial charge on any atom is 0.321 e. The van der Waals surface area contributed by atoms with Gasteiger partial charge in [0.15, 0.2) is 0 Å². The number of methoxy groups -OCH3 is 1. The Bertz CT molecular complexity index is 498. The number of carboxylic acid groups (broad SMARTS) is 1. The molecule has 1 aliphatic heterocycles. The smallest absolute Gasteiger partial charge is 0.321 e. The van der Waals surface area contributed by atoms with Gasteiger partial charge >= 0.3 is 5.97 Å². The summed E-state index contributed by atoms with van der Waals surface area (Å²) < 4.78 is 5.34. The van der Waals surface area contributed by atoms with Gasteiger partial charge < -0.3 is 9.84 Å². The zero-order chi connectivity index (χ0) is 14.1. The summed E-state index contributed by atoms with van der Waals surface area (Å²) in [5, 5.41) is 9.57. The van der Waals surface area contributed by atoms with Gasteiger partial charge in [-0.05, 0) is 36.3 Å². The lowest BCUT2D eigenvalue weighted by atomic mass is 9.92. The van der Waals surface area contributed by atoms with Crippen LogP contribution in [0, 0.1) is 5.92 Å². The first-order chi connectivity index (χ1) is 9.70. The largest absolute Gasteiger partial charge is 0.480 e. The van der Waals surface area contributed by atoms with Gasteiger partial charge in [-0.1, -0.05) is 24.3 Å². The third-order valence-electron chi connectivity index (χ3n) is 4.50. The third-order valence-corrected chi connectivity index (χ3v) is 4.50. The van der Waals surface area contributed by atoms with Gasteiger partial charge in [0, 0.05) is 19.7 Å². The van der Waals surface area contributed by atoms with Crippen molar-refractivity contribution in [2.24, 2.45) is 5.92 Å². The molecule has 4 heteroatoms. The highest BCUT2D eigenvalue weighted by atomic mass is 16.5. The number of benzene rings is 1. The van der Waals surface area contributed by atoms with Gasteiger partial charge in [-0.3, -0.25) is 9.69 Å². The van der Waals surface area contributed by atoms with E-state index in [0.717, 1.165) is 6.54 Å². The second kappa shape index (κ2) is 5.54. The summed E-state index contributed by atoms with van der Waals surface area (Å²) in [5.41, 5.74) is 2.43. The quantitative estimate of drug-likeness (QED) is 0.892. The number of carbonyl (C=O) groups is 1. The lowest BCUT2D eigenvalue weighted by Crippen LogP contribution is -2.52. The second-order valence-electron chi connectivity index (χ2n) is 5.86. The van der Waals surface area contributed by atoms with Crippen LogP contribution in [-0.2, 0) is 22.5 Å². The van der Waals surface area contributed by atoms with E-state index in [1.54, 1.807) is 7.11 Å². The van der Waals surface area contributed by atoms with Crippen LogP contribution in [0.1, 0.15) is 24.0 Å². The third kappa shape index (κ3) is 2.58. The van der Waals surface area contributed by atoms with Gasteiger partial charge in [0.2, 0.25) is 0 Å². The standard InChI is InChI=1S/C16H21NO3/c1-20-10-15(11-6-7-11)17-9-13-5-3-2-4-12(13)8-14(17)16(18)19/h2-5,11,14-15H,6-10H2,1H3,(H,18,19). The summed E-state index contributed by atoms with van der Waals surface area (Å²) in [5.74, 6) is -0.122. The topological polar surface area (TPSA) is 49.8 Å². The first kappa shape index (κ1) is 13.6. The zero-order valence-electron chi connectivity index (χ0n) is 11.8. The average Bonchev–Trinajstić information content (AvgIpc) is 3.28. The van der Waals surface area contributed by atoms with E-state index in [1.807, 2.05) is 18.2 Å². The van der Waals surface area contributed by atoms with Crippen LogP contribution in [0.25, 0.3) is 0 Å². The Morgan fingerprint density at radius 3 is 2.70 bits per heavy atom. The van der Waals surface area contributed by atoms with E-state index in [2.05, 4.69) is 11.0 Å². The SMILES string of the molecule is COCC(C1CC1)N1Cc2ccccc2CC1C(=O)O. The summed E-state index contributed by atoms with van der Waals surface area (Å²) in [7, 11) is 1.70. The number of fused-ring (bicyclic) bond motifs is 1. The average molecular weight is 275 g/mol. The molecule has 3 rings (SSSR count). The molecule has 1 N–H and O–H groups in total. The van der Waals surface area contributed by atoms with Crippen LogP contribution in [0.2, 0.25) is 0 Å². The maximum absolute atomic E-state index is 11.6. The monoisotopic (exact) mass is 275 g/mol. The van der Waals surface area contributed by atoms with Crippen LogP contribution >= 0.6 is 0 Å². The molecule has 1 heterocycles. The van der Waals surface area contributed by atoms with Crippen LogP contribution in [0.4, 0.5) is 0 Å². The number of aliphatic carboxylic acids is 1. The molecule has 1 fully saturated rings. The molecular formula is C16H21NO3.